The summed E-state index contributed by atoms with van der Waals surface area (Å²) in [6, 6.07) is 5.74. The van der Waals surface area contributed by atoms with Gasteiger partial charge in [-0.05, 0) is 30.5 Å². The van der Waals surface area contributed by atoms with Gasteiger partial charge in [0.05, 0.1) is 6.10 Å². The van der Waals surface area contributed by atoms with E-state index in [9.17, 15) is 9.50 Å². The molecule has 0 heterocycles. The summed E-state index contributed by atoms with van der Waals surface area (Å²) in [5.41, 5.74) is 0.690. The largest absolute Gasteiger partial charge is 0.396 e. The number of halogens is 1. The molecule has 0 aliphatic carbocycles. The van der Waals surface area contributed by atoms with Gasteiger partial charge in [-0.25, -0.2) is 4.39 Å². The van der Waals surface area contributed by atoms with Gasteiger partial charge < -0.3 is 10.2 Å². The molecule has 1 aromatic rings. The molecular weight excluding hydrogens is 171 g/mol. The molecular formula is C10H13FO2. The maximum Gasteiger partial charge on any atom is 0.123 e. The first-order chi connectivity index (χ1) is 6.24. The van der Waals surface area contributed by atoms with Gasteiger partial charge in [-0.1, -0.05) is 12.1 Å². The number of aliphatic hydroxyl groups excluding tert-OH is 2. The summed E-state index contributed by atoms with van der Waals surface area (Å²) in [5.74, 6) is -0.307. The Labute approximate surface area is 76.6 Å². The summed E-state index contributed by atoms with van der Waals surface area (Å²) in [7, 11) is 0. The maximum absolute atomic E-state index is 12.5. The van der Waals surface area contributed by atoms with Gasteiger partial charge in [-0.2, -0.15) is 0 Å². The zero-order valence-corrected chi connectivity index (χ0v) is 7.28. The lowest BCUT2D eigenvalue weighted by Crippen LogP contribution is -1.98. The first-order valence-corrected chi connectivity index (χ1v) is 4.28. The molecule has 0 aliphatic heterocycles. The third-order valence-corrected chi connectivity index (χ3v) is 1.89. The van der Waals surface area contributed by atoms with Crippen molar-refractivity contribution in [2.75, 3.05) is 6.61 Å². The van der Waals surface area contributed by atoms with Crippen LogP contribution in [0.1, 0.15) is 24.5 Å². The summed E-state index contributed by atoms with van der Waals surface area (Å²) in [6.45, 7) is 0.0677. The lowest BCUT2D eigenvalue weighted by Gasteiger charge is -2.09. The van der Waals surface area contributed by atoms with Crippen molar-refractivity contribution in [3.8, 4) is 0 Å². The predicted molar refractivity (Wildman–Crippen MR) is 47.7 cm³/mol. The Hall–Kier alpha value is -0.930. The van der Waals surface area contributed by atoms with Crippen molar-refractivity contribution in [3.05, 3.63) is 35.6 Å². The molecule has 2 N–H and O–H groups in total. The summed E-state index contributed by atoms with van der Waals surface area (Å²) < 4.78 is 12.5. The highest BCUT2D eigenvalue weighted by molar-refractivity contribution is 5.18. The van der Waals surface area contributed by atoms with Gasteiger partial charge >= 0.3 is 0 Å². The van der Waals surface area contributed by atoms with Gasteiger partial charge in [0, 0.05) is 6.61 Å². The number of hydrogen-bond donors (Lipinski definition) is 2. The third kappa shape index (κ3) is 3.13. The molecule has 1 aromatic carbocycles. The summed E-state index contributed by atoms with van der Waals surface area (Å²) >= 11 is 0. The Morgan fingerprint density at radius 1 is 1.23 bits per heavy atom. The van der Waals surface area contributed by atoms with Gasteiger partial charge in [0.15, 0.2) is 0 Å². The highest BCUT2D eigenvalue weighted by atomic mass is 19.1. The molecule has 0 unspecified atom stereocenters. The Balaban J connectivity index is 2.55. The van der Waals surface area contributed by atoms with E-state index in [1.807, 2.05) is 0 Å². The Bertz CT molecular complexity index is 246. The third-order valence-electron chi connectivity index (χ3n) is 1.89. The highest BCUT2D eigenvalue weighted by Crippen LogP contribution is 2.17. The quantitative estimate of drug-likeness (QED) is 0.746. The fourth-order valence-corrected chi connectivity index (χ4v) is 1.14. The van der Waals surface area contributed by atoms with Crippen LogP contribution in [0.15, 0.2) is 24.3 Å². The second kappa shape index (κ2) is 4.94. The van der Waals surface area contributed by atoms with Crippen molar-refractivity contribution >= 4 is 0 Å². The fourth-order valence-electron chi connectivity index (χ4n) is 1.14. The lowest BCUT2D eigenvalue weighted by atomic mass is 10.1. The van der Waals surface area contributed by atoms with Crippen molar-refractivity contribution in [3.63, 3.8) is 0 Å². The number of aliphatic hydroxyl groups is 2. The van der Waals surface area contributed by atoms with Gasteiger partial charge in [0.1, 0.15) is 5.82 Å². The van der Waals surface area contributed by atoms with Crippen LogP contribution in [-0.4, -0.2) is 16.8 Å². The molecule has 13 heavy (non-hydrogen) atoms. The SMILES string of the molecule is OCCC[C@@H](O)c1ccc(F)cc1. The van der Waals surface area contributed by atoms with Crippen molar-refractivity contribution in [1.82, 2.24) is 0 Å². The summed E-state index contributed by atoms with van der Waals surface area (Å²) in [6.07, 6.45) is 0.452. The average Bonchev–Trinajstić information content (AvgIpc) is 2.15. The minimum absolute atomic E-state index is 0.0677. The fraction of sp³-hybridized carbons (Fsp3) is 0.400. The monoisotopic (exact) mass is 184 g/mol. The Morgan fingerprint density at radius 2 is 1.85 bits per heavy atom. The first-order valence-electron chi connectivity index (χ1n) is 4.28. The molecule has 2 nitrogen and oxygen atoms in total. The molecule has 1 atom stereocenters. The molecule has 0 radical (unpaired) electrons. The van der Waals surface area contributed by atoms with E-state index in [2.05, 4.69) is 0 Å². The predicted octanol–water partition coefficient (Wildman–Crippen LogP) is 1.63. The molecule has 0 saturated carbocycles. The normalized spacial score (nSPS) is 12.8. The van der Waals surface area contributed by atoms with E-state index < -0.39 is 6.10 Å². The maximum atomic E-state index is 12.5. The van der Waals surface area contributed by atoms with Crippen LogP contribution in [0.3, 0.4) is 0 Å². The molecule has 3 heteroatoms. The van der Waals surface area contributed by atoms with E-state index >= 15 is 0 Å². The first kappa shape index (κ1) is 10.2. The van der Waals surface area contributed by atoms with E-state index in [-0.39, 0.29) is 12.4 Å². The van der Waals surface area contributed by atoms with E-state index in [1.165, 1.54) is 12.1 Å². The van der Waals surface area contributed by atoms with E-state index in [0.717, 1.165) is 0 Å². The number of benzene rings is 1. The van der Waals surface area contributed by atoms with E-state index in [0.29, 0.717) is 18.4 Å². The van der Waals surface area contributed by atoms with Crippen molar-refractivity contribution in [2.24, 2.45) is 0 Å². The number of rotatable bonds is 4. The molecule has 0 amide bonds. The van der Waals surface area contributed by atoms with Gasteiger partial charge in [-0.3, -0.25) is 0 Å². The molecule has 0 aliphatic rings. The summed E-state index contributed by atoms with van der Waals surface area (Å²) in [5, 5.41) is 18.0. The van der Waals surface area contributed by atoms with Crippen LogP contribution in [0.25, 0.3) is 0 Å². The van der Waals surface area contributed by atoms with Crippen LogP contribution in [-0.2, 0) is 0 Å². The standard InChI is InChI=1S/C10H13FO2/c11-9-5-3-8(4-6-9)10(13)2-1-7-12/h3-6,10,12-13H,1-2,7H2/t10-/m1/s1. The van der Waals surface area contributed by atoms with Crippen LogP contribution in [0.4, 0.5) is 4.39 Å². The second-order valence-corrected chi connectivity index (χ2v) is 2.93. The van der Waals surface area contributed by atoms with Crippen LogP contribution in [0.2, 0.25) is 0 Å². The van der Waals surface area contributed by atoms with Gasteiger partial charge in [0.25, 0.3) is 0 Å². The topological polar surface area (TPSA) is 40.5 Å². The highest BCUT2D eigenvalue weighted by Gasteiger charge is 2.06. The molecule has 0 spiro atoms. The van der Waals surface area contributed by atoms with Crippen molar-refractivity contribution in [1.29, 1.82) is 0 Å². The molecule has 0 saturated heterocycles. The van der Waals surface area contributed by atoms with Gasteiger partial charge in [-0.15, -0.1) is 0 Å². The molecule has 72 valence electrons. The molecule has 0 aromatic heterocycles. The molecule has 1 rings (SSSR count). The van der Waals surface area contributed by atoms with Gasteiger partial charge in [0.2, 0.25) is 0 Å². The average molecular weight is 184 g/mol. The Kier molecular flexibility index (Phi) is 3.86. The van der Waals surface area contributed by atoms with E-state index in [1.54, 1.807) is 12.1 Å². The summed E-state index contributed by atoms with van der Waals surface area (Å²) in [4.78, 5) is 0. The van der Waals surface area contributed by atoms with E-state index in [4.69, 9.17) is 5.11 Å². The van der Waals surface area contributed by atoms with Crippen LogP contribution < -0.4 is 0 Å². The molecule has 0 bridgehead atoms. The second-order valence-electron chi connectivity index (χ2n) is 2.93. The van der Waals surface area contributed by atoms with Crippen molar-refractivity contribution < 1.29 is 14.6 Å². The van der Waals surface area contributed by atoms with Crippen LogP contribution in [0, 0.1) is 5.82 Å². The zero-order valence-electron chi connectivity index (χ0n) is 7.28. The number of hydrogen-bond acceptors (Lipinski definition) is 2. The minimum atomic E-state index is -0.604. The smallest absolute Gasteiger partial charge is 0.123 e. The Morgan fingerprint density at radius 3 is 2.38 bits per heavy atom. The van der Waals surface area contributed by atoms with Crippen LogP contribution >= 0.6 is 0 Å². The minimum Gasteiger partial charge on any atom is -0.396 e. The lowest BCUT2D eigenvalue weighted by molar-refractivity contribution is 0.151. The van der Waals surface area contributed by atoms with Crippen LogP contribution in [0.5, 0.6) is 0 Å². The zero-order chi connectivity index (χ0) is 9.68. The molecule has 0 fully saturated rings. The van der Waals surface area contributed by atoms with Crippen molar-refractivity contribution in [2.45, 2.75) is 18.9 Å².